The van der Waals surface area contributed by atoms with E-state index >= 15 is 0 Å². The summed E-state index contributed by atoms with van der Waals surface area (Å²) in [6.45, 7) is 5.77. The number of ether oxygens (including phenoxy) is 1. The number of nitrogens with one attached hydrogen (secondary N) is 1. The van der Waals surface area contributed by atoms with E-state index in [1.54, 1.807) is 6.21 Å². The number of rotatable bonds is 6. The van der Waals surface area contributed by atoms with E-state index in [1.807, 2.05) is 75.4 Å². The molecular formula is C20H22N2O2. The average molecular weight is 322 g/mol. The molecule has 0 unspecified atom stereocenters. The van der Waals surface area contributed by atoms with Crippen LogP contribution in [0.4, 0.5) is 0 Å². The molecule has 0 aliphatic carbocycles. The highest BCUT2D eigenvalue weighted by Gasteiger charge is 2.06. The van der Waals surface area contributed by atoms with Crippen LogP contribution >= 0.6 is 0 Å². The minimum absolute atomic E-state index is 0.0650. The van der Waals surface area contributed by atoms with Gasteiger partial charge in [-0.15, -0.1) is 0 Å². The van der Waals surface area contributed by atoms with Crippen molar-refractivity contribution in [1.82, 2.24) is 5.43 Å². The van der Waals surface area contributed by atoms with Crippen molar-refractivity contribution in [2.45, 2.75) is 20.8 Å². The molecule has 1 amide bonds. The number of benzene rings is 2. The Morgan fingerprint density at radius 3 is 2.42 bits per heavy atom. The lowest BCUT2D eigenvalue weighted by molar-refractivity contribution is -0.123. The van der Waals surface area contributed by atoms with E-state index in [2.05, 4.69) is 10.5 Å². The zero-order valence-electron chi connectivity index (χ0n) is 14.2. The SMILES string of the molecule is CC(/C=N/NC(=O)COc1c(C)cccc1C)=C\c1ccccc1. The number of aryl methyl sites for hydroxylation is 2. The van der Waals surface area contributed by atoms with Crippen LogP contribution in [-0.2, 0) is 4.79 Å². The first-order valence-corrected chi connectivity index (χ1v) is 7.80. The fraction of sp³-hybridized carbons (Fsp3) is 0.200. The first kappa shape index (κ1) is 17.5. The fourth-order valence-electron chi connectivity index (χ4n) is 2.25. The van der Waals surface area contributed by atoms with Crippen molar-refractivity contribution in [3.8, 4) is 5.75 Å². The maximum Gasteiger partial charge on any atom is 0.277 e. The molecule has 24 heavy (non-hydrogen) atoms. The lowest BCUT2D eigenvalue weighted by Crippen LogP contribution is -2.25. The summed E-state index contributed by atoms with van der Waals surface area (Å²) >= 11 is 0. The molecule has 0 atom stereocenters. The first-order chi connectivity index (χ1) is 11.6. The summed E-state index contributed by atoms with van der Waals surface area (Å²) in [7, 11) is 0. The Bertz CT molecular complexity index is 729. The van der Waals surface area contributed by atoms with Gasteiger partial charge in [-0.25, -0.2) is 5.43 Å². The zero-order chi connectivity index (χ0) is 17.4. The smallest absolute Gasteiger partial charge is 0.277 e. The maximum atomic E-state index is 11.8. The average Bonchev–Trinajstić information content (AvgIpc) is 2.55. The summed E-state index contributed by atoms with van der Waals surface area (Å²) < 4.78 is 5.58. The molecule has 0 saturated heterocycles. The normalized spacial score (nSPS) is 11.5. The number of para-hydroxylation sites is 1. The van der Waals surface area contributed by atoms with Gasteiger partial charge in [-0.1, -0.05) is 54.6 Å². The van der Waals surface area contributed by atoms with Crippen LogP contribution in [0.1, 0.15) is 23.6 Å². The monoisotopic (exact) mass is 322 g/mol. The Morgan fingerprint density at radius 2 is 1.75 bits per heavy atom. The molecular weight excluding hydrogens is 300 g/mol. The summed E-state index contributed by atoms with van der Waals surface area (Å²) in [6.07, 6.45) is 3.60. The molecule has 0 aromatic heterocycles. The third kappa shape index (κ3) is 5.39. The Balaban J connectivity index is 1.84. The van der Waals surface area contributed by atoms with Gasteiger partial charge in [0.1, 0.15) is 5.75 Å². The molecule has 2 aromatic rings. The molecule has 124 valence electrons. The molecule has 2 rings (SSSR count). The highest BCUT2D eigenvalue weighted by atomic mass is 16.5. The van der Waals surface area contributed by atoms with Gasteiger partial charge in [-0.2, -0.15) is 5.10 Å². The van der Waals surface area contributed by atoms with Crippen LogP contribution in [0.5, 0.6) is 5.75 Å². The molecule has 2 aromatic carbocycles. The van der Waals surface area contributed by atoms with Crippen molar-refractivity contribution in [1.29, 1.82) is 0 Å². The van der Waals surface area contributed by atoms with Crippen LogP contribution in [0.2, 0.25) is 0 Å². The molecule has 0 aliphatic heterocycles. The van der Waals surface area contributed by atoms with Crippen LogP contribution in [0.25, 0.3) is 6.08 Å². The number of nitrogens with zero attached hydrogens (tertiary/aromatic N) is 1. The summed E-state index contributed by atoms with van der Waals surface area (Å²) in [5, 5.41) is 3.95. The van der Waals surface area contributed by atoms with E-state index in [0.29, 0.717) is 0 Å². The van der Waals surface area contributed by atoms with Gasteiger partial charge in [-0.05, 0) is 43.0 Å². The Labute approximate surface area is 142 Å². The minimum atomic E-state index is -0.290. The van der Waals surface area contributed by atoms with Gasteiger partial charge in [0.05, 0.1) is 6.21 Å². The van der Waals surface area contributed by atoms with E-state index in [9.17, 15) is 4.79 Å². The van der Waals surface area contributed by atoms with Crippen molar-refractivity contribution in [2.24, 2.45) is 5.10 Å². The number of hydrazone groups is 1. The van der Waals surface area contributed by atoms with E-state index in [1.165, 1.54) is 0 Å². The van der Waals surface area contributed by atoms with Crippen molar-refractivity contribution < 1.29 is 9.53 Å². The number of hydrogen-bond acceptors (Lipinski definition) is 3. The van der Waals surface area contributed by atoms with Crippen LogP contribution in [0, 0.1) is 13.8 Å². The fourth-order valence-corrected chi connectivity index (χ4v) is 2.25. The van der Waals surface area contributed by atoms with Crippen LogP contribution in [-0.4, -0.2) is 18.7 Å². The van der Waals surface area contributed by atoms with Gasteiger partial charge in [0, 0.05) is 0 Å². The van der Waals surface area contributed by atoms with Gasteiger partial charge in [0.2, 0.25) is 0 Å². The third-order valence-electron chi connectivity index (χ3n) is 3.41. The van der Waals surface area contributed by atoms with E-state index in [-0.39, 0.29) is 12.5 Å². The van der Waals surface area contributed by atoms with E-state index in [4.69, 9.17) is 4.74 Å². The van der Waals surface area contributed by atoms with Crippen molar-refractivity contribution in [3.63, 3.8) is 0 Å². The Kier molecular flexibility index (Phi) is 6.32. The van der Waals surface area contributed by atoms with E-state index in [0.717, 1.165) is 28.0 Å². The summed E-state index contributed by atoms with van der Waals surface area (Å²) in [6, 6.07) is 15.8. The van der Waals surface area contributed by atoms with Gasteiger partial charge in [0.25, 0.3) is 5.91 Å². The third-order valence-corrected chi connectivity index (χ3v) is 3.41. The predicted molar refractivity (Wildman–Crippen MR) is 98.1 cm³/mol. The standard InChI is InChI=1S/C20H22N2O2/c1-15(12-18-10-5-4-6-11-18)13-21-22-19(23)14-24-20-16(2)8-7-9-17(20)3/h4-13H,14H2,1-3H3,(H,22,23)/b15-12+,21-13+. The number of amides is 1. The molecule has 4 heteroatoms. The summed E-state index contributed by atoms with van der Waals surface area (Å²) in [5.41, 5.74) is 6.52. The van der Waals surface area contributed by atoms with Gasteiger partial charge in [0.15, 0.2) is 6.61 Å². The van der Waals surface area contributed by atoms with Gasteiger partial charge >= 0.3 is 0 Å². The van der Waals surface area contributed by atoms with Crippen LogP contribution in [0.3, 0.4) is 0 Å². The quantitative estimate of drug-likeness (QED) is 0.648. The largest absolute Gasteiger partial charge is 0.483 e. The number of carbonyl (C=O) groups excluding carboxylic acids is 1. The zero-order valence-corrected chi connectivity index (χ0v) is 14.2. The van der Waals surface area contributed by atoms with Gasteiger partial charge in [-0.3, -0.25) is 4.79 Å². The van der Waals surface area contributed by atoms with Crippen LogP contribution < -0.4 is 10.2 Å². The topological polar surface area (TPSA) is 50.7 Å². The first-order valence-electron chi connectivity index (χ1n) is 7.80. The number of carbonyl (C=O) groups is 1. The number of hydrogen-bond donors (Lipinski definition) is 1. The van der Waals surface area contributed by atoms with Crippen LogP contribution in [0.15, 0.2) is 59.2 Å². The maximum absolute atomic E-state index is 11.8. The van der Waals surface area contributed by atoms with Crippen molar-refractivity contribution in [3.05, 3.63) is 70.8 Å². The molecule has 0 saturated carbocycles. The lowest BCUT2D eigenvalue weighted by atomic mass is 10.1. The minimum Gasteiger partial charge on any atom is -0.483 e. The molecule has 0 bridgehead atoms. The second-order valence-corrected chi connectivity index (χ2v) is 5.60. The molecule has 0 spiro atoms. The number of allylic oxidation sites excluding steroid dienone is 1. The second-order valence-electron chi connectivity index (χ2n) is 5.60. The van der Waals surface area contributed by atoms with Crippen molar-refractivity contribution in [2.75, 3.05) is 6.61 Å². The highest BCUT2D eigenvalue weighted by molar-refractivity contribution is 5.86. The molecule has 1 N–H and O–H groups in total. The predicted octanol–water partition coefficient (Wildman–Crippen LogP) is 3.89. The molecule has 0 aliphatic rings. The molecule has 4 nitrogen and oxygen atoms in total. The lowest BCUT2D eigenvalue weighted by Gasteiger charge is -2.10. The summed E-state index contributed by atoms with van der Waals surface area (Å²) in [4.78, 5) is 11.8. The van der Waals surface area contributed by atoms with Gasteiger partial charge < -0.3 is 4.74 Å². The molecule has 0 radical (unpaired) electrons. The molecule has 0 fully saturated rings. The summed E-state index contributed by atoms with van der Waals surface area (Å²) in [5.74, 6) is 0.457. The Morgan fingerprint density at radius 1 is 1.08 bits per heavy atom. The Hall–Kier alpha value is -2.88. The highest BCUT2D eigenvalue weighted by Crippen LogP contribution is 2.21. The molecule has 0 heterocycles. The second kappa shape index (κ2) is 8.67. The van der Waals surface area contributed by atoms with Crippen molar-refractivity contribution >= 4 is 18.2 Å². The van der Waals surface area contributed by atoms with E-state index < -0.39 is 0 Å².